The van der Waals surface area contributed by atoms with Crippen molar-refractivity contribution in [3.8, 4) is 16.9 Å². The van der Waals surface area contributed by atoms with Crippen LogP contribution in [0.25, 0.3) is 32.7 Å². The average Bonchev–Trinajstić information content (AvgIpc) is 2.83. The zero-order valence-corrected chi connectivity index (χ0v) is 19.8. The van der Waals surface area contributed by atoms with Crippen LogP contribution < -0.4 is 10.1 Å². The number of rotatable bonds is 7. The number of hydrogen-bond acceptors (Lipinski definition) is 2. The molecule has 0 unspecified atom stereocenters. The van der Waals surface area contributed by atoms with Crippen LogP contribution in [0.1, 0.15) is 27.2 Å². The molecule has 4 rings (SSSR count). The molecule has 4 aromatic carbocycles. The van der Waals surface area contributed by atoms with E-state index in [9.17, 15) is 4.79 Å². The van der Waals surface area contributed by atoms with Gasteiger partial charge < -0.3 is 10.1 Å². The summed E-state index contributed by atoms with van der Waals surface area (Å²) in [6, 6.07) is 24.7. The van der Waals surface area contributed by atoms with Gasteiger partial charge in [-0.05, 0) is 52.9 Å². The molecule has 3 heteroatoms. The van der Waals surface area contributed by atoms with E-state index < -0.39 is 0 Å². The number of methoxy groups -OCH3 is 1. The monoisotopic (exact) mass is 437 g/mol. The van der Waals surface area contributed by atoms with Crippen molar-refractivity contribution in [2.75, 3.05) is 12.4 Å². The van der Waals surface area contributed by atoms with Gasteiger partial charge in [-0.2, -0.15) is 0 Å². The Labute approximate surface area is 196 Å². The Bertz CT molecular complexity index is 1340. The quantitative estimate of drug-likeness (QED) is 0.299. The summed E-state index contributed by atoms with van der Waals surface area (Å²) in [4.78, 5) is 13.4. The van der Waals surface area contributed by atoms with Gasteiger partial charge in [0.1, 0.15) is 5.75 Å². The molecule has 0 aromatic heterocycles. The molecule has 0 aliphatic rings. The number of fused-ring (bicyclic) bond motifs is 2. The van der Waals surface area contributed by atoms with Crippen LogP contribution in [-0.4, -0.2) is 13.0 Å². The normalized spacial score (nSPS) is 13.0. The third-order valence-electron chi connectivity index (χ3n) is 6.71. The maximum absolute atomic E-state index is 13.4. The predicted octanol–water partition coefficient (Wildman–Crippen LogP) is 7.85. The Kier molecular flexibility index (Phi) is 6.50. The molecule has 1 N–H and O–H groups in total. The Morgan fingerprint density at radius 1 is 0.909 bits per heavy atom. The Balaban J connectivity index is 1.96. The number of ether oxygens (including phenoxy) is 1. The summed E-state index contributed by atoms with van der Waals surface area (Å²) in [5, 5.41) is 7.67. The van der Waals surface area contributed by atoms with Crippen molar-refractivity contribution in [2.24, 2.45) is 11.8 Å². The second-order valence-electron chi connectivity index (χ2n) is 8.71. The third-order valence-corrected chi connectivity index (χ3v) is 6.71. The molecule has 0 heterocycles. The number of amides is 1. The first-order valence-corrected chi connectivity index (χ1v) is 11.5. The molecular weight excluding hydrogens is 406 g/mol. The van der Waals surface area contributed by atoms with Crippen molar-refractivity contribution < 1.29 is 9.53 Å². The number of allylic oxidation sites excluding steroid dienone is 1. The maximum atomic E-state index is 13.4. The first-order chi connectivity index (χ1) is 16.0. The number of nitrogens with one attached hydrogen (secondary N) is 1. The molecule has 0 aliphatic carbocycles. The summed E-state index contributed by atoms with van der Waals surface area (Å²) in [6.45, 7) is 10.2. The van der Waals surface area contributed by atoms with Gasteiger partial charge in [-0.25, -0.2) is 0 Å². The van der Waals surface area contributed by atoms with Crippen LogP contribution in [0.2, 0.25) is 0 Å². The smallest absolute Gasteiger partial charge is 0.228 e. The van der Waals surface area contributed by atoms with E-state index in [2.05, 4.69) is 62.1 Å². The van der Waals surface area contributed by atoms with E-state index >= 15 is 0 Å². The van der Waals surface area contributed by atoms with Gasteiger partial charge in [-0.15, -0.1) is 0 Å². The molecular formula is C30H31NO2. The van der Waals surface area contributed by atoms with E-state index in [4.69, 9.17) is 4.74 Å². The highest BCUT2D eigenvalue weighted by Gasteiger charge is 2.26. The zero-order valence-electron chi connectivity index (χ0n) is 19.8. The number of benzene rings is 4. The van der Waals surface area contributed by atoms with Crippen molar-refractivity contribution in [1.82, 2.24) is 0 Å². The van der Waals surface area contributed by atoms with Gasteiger partial charge in [-0.3, -0.25) is 4.79 Å². The molecule has 0 spiro atoms. The van der Waals surface area contributed by atoms with Crippen LogP contribution in [0, 0.1) is 11.8 Å². The maximum Gasteiger partial charge on any atom is 0.228 e. The molecule has 168 valence electrons. The number of hydrogen-bond donors (Lipinski definition) is 1. The topological polar surface area (TPSA) is 38.3 Å². The fraction of sp³-hybridized carbons (Fsp3) is 0.233. The second kappa shape index (κ2) is 9.50. The number of carbonyl (C=O) groups is 1. The minimum Gasteiger partial charge on any atom is -0.496 e. The van der Waals surface area contributed by atoms with Gasteiger partial charge in [0.15, 0.2) is 0 Å². The highest BCUT2D eigenvalue weighted by atomic mass is 16.5. The fourth-order valence-electron chi connectivity index (χ4n) is 4.66. The van der Waals surface area contributed by atoms with E-state index in [0.717, 1.165) is 56.1 Å². The van der Waals surface area contributed by atoms with Crippen LogP contribution >= 0.6 is 0 Å². The number of carbonyl (C=O) groups excluding carboxylic acids is 1. The van der Waals surface area contributed by atoms with E-state index in [0.29, 0.717) is 0 Å². The molecule has 0 fully saturated rings. The summed E-state index contributed by atoms with van der Waals surface area (Å²) in [6.07, 6.45) is 0.750. The van der Waals surface area contributed by atoms with E-state index in [-0.39, 0.29) is 17.7 Å². The lowest BCUT2D eigenvalue weighted by Crippen LogP contribution is -2.28. The van der Waals surface area contributed by atoms with Gasteiger partial charge in [0.25, 0.3) is 0 Å². The second-order valence-corrected chi connectivity index (χ2v) is 8.71. The minimum atomic E-state index is -0.142. The lowest BCUT2D eigenvalue weighted by molar-refractivity contribution is -0.121. The van der Waals surface area contributed by atoms with Gasteiger partial charge in [-0.1, -0.05) is 86.7 Å². The lowest BCUT2D eigenvalue weighted by Gasteiger charge is -2.24. The van der Waals surface area contributed by atoms with E-state index in [1.165, 1.54) is 0 Å². The zero-order chi connectivity index (χ0) is 23.5. The molecule has 0 bridgehead atoms. The van der Waals surface area contributed by atoms with Crippen LogP contribution in [0.4, 0.5) is 5.69 Å². The summed E-state index contributed by atoms with van der Waals surface area (Å²) in [7, 11) is 1.69. The van der Waals surface area contributed by atoms with E-state index in [1.807, 2.05) is 43.3 Å². The molecule has 0 radical (unpaired) electrons. The number of anilines is 1. The van der Waals surface area contributed by atoms with Gasteiger partial charge in [0.2, 0.25) is 5.91 Å². The molecule has 0 saturated carbocycles. The van der Waals surface area contributed by atoms with Crippen LogP contribution in [0.3, 0.4) is 0 Å². The predicted molar refractivity (Wildman–Crippen MR) is 140 cm³/mol. The summed E-state index contributed by atoms with van der Waals surface area (Å²) in [5.41, 5.74) is 3.78. The molecule has 2 atom stereocenters. The summed E-state index contributed by atoms with van der Waals surface area (Å²) < 4.78 is 5.83. The molecule has 0 aliphatic heterocycles. The summed E-state index contributed by atoms with van der Waals surface area (Å²) in [5.74, 6) is 0.758. The first kappa shape index (κ1) is 22.6. The minimum absolute atomic E-state index is 0.0173. The van der Waals surface area contributed by atoms with Crippen LogP contribution in [0.15, 0.2) is 84.9 Å². The third kappa shape index (κ3) is 4.23. The highest BCUT2D eigenvalue weighted by molar-refractivity contribution is 6.13. The van der Waals surface area contributed by atoms with Crippen molar-refractivity contribution in [2.45, 2.75) is 27.2 Å². The van der Waals surface area contributed by atoms with Gasteiger partial charge in [0.05, 0.1) is 7.11 Å². The largest absolute Gasteiger partial charge is 0.496 e. The lowest BCUT2D eigenvalue weighted by atomic mass is 9.85. The Hall–Kier alpha value is -3.59. The molecule has 3 nitrogen and oxygen atoms in total. The Morgan fingerprint density at radius 3 is 2.06 bits per heavy atom. The van der Waals surface area contributed by atoms with Gasteiger partial charge in [0, 0.05) is 22.7 Å². The Morgan fingerprint density at radius 2 is 1.48 bits per heavy atom. The summed E-state index contributed by atoms with van der Waals surface area (Å²) >= 11 is 0. The SMILES string of the molecule is C=C(C)[C@@H](C)[C@H](CC)C(=O)Nc1ccc2ccccc2c1-c1c(OC)ccc2ccccc12. The molecule has 33 heavy (non-hydrogen) atoms. The fourth-order valence-corrected chi connectivity index (χ4v) is 4.66. The first-order valence-electron chi connectivity index (χ1n) is 11.5. The molecule has 4 aromatic rings. The standard InChI is InChI=1S/C30H31NO2/c1-6-23(20(4)19(2)3)30(32)31-26-17-15-21-11-7-9-13-24(21)28(26)29-25-14-10-8-12-22(25)16-18-27(29)33-5/h7-18,20,23H,2,6H2,1,3-5H3,(H,31,32)/t20-,23+/m1/s1. The molecule has 1 amide bonds. The van der Waals surface area contributed by atoms with Crippen molar-refractivity contribution >= 4 is 33.1 Å². The van der Waals surface area contributed by atoms with E-state index in [1.54, 1.807) is 7.11 Å². The average molecular weight is 438 g/mol. The van der Waals surface area contributed by atoms with Crippen molar-refractivity contribution in [3.05, 3.63) is 84.9 Å². The van der Waals surface area contributed by atoms with Gasteiger partial charge >= 0.3 is 0 Å². The van der Waals surface area contributed by atoms with Crippen molar-refractivity contribution in [3.63, 3.8) is 0 Å². The highest BCUT2D eigenvalue weighted by Crippen LogP contribution is 2.44. The van der Waals surface area contributed by atoms with Crippen LogP contribution in [-0.2, 0) is 4.79 Å². The van der Waals surface area contributed by atoms with Crippen LogP contribution in [0.5, 0.6) is 5.75 Å². The van der Waals surface area contributed by atoms with Crippen molar-refractivity contribution in [1.29, 1.82) is 0 Å². The molecule has 0 saturated heterocycles.